The summed E-state index contributed by atoms with van der Waals surface area (Å²) in [6, 6.07) is 7.62. The molecule has 0 bridgehead atoms. The number of hydrogen-bond acceptors (Lipinski definition) is 2. The maximum absolute atomic E-state index is 9.27. The zero-order valence-corrected chi connectivity index (χ0v) is 9.70. The van der Waals surface area contributed by atoms with Crippen LogP contribution < -0.4 is 0 Å². The molecule has 0 aliphatic carbocycles. The van der Waals surface area contributed by atoms with Gasteiger partial charge in [0.05, 0.1) is 6.61 Å². The van der Waals surface area contributed by atoms with E-state index in [1.165, 1.54) is 0 Å². The van der Waals surface area contributed by atoms with Gasteiger partial charge >= 0.3 is 0 Å². The van der Waals surface area contributed by atoms with Crippen molar-refractivity contribution >= 4 is 11.6 Å². The lowest BCUT2D eigenvalue weighted by molar-refractivity contribution is 0.130. The molecule has 1 atom stereocenters. The molecule has 0 aliphatic rings. The van der Waals surface area contributed by atoms with E-state index in [4.69, 9.17) is 16.3 Å². The van der Waals surface area contributed by atoms with Crippen LogP contribution in [0, 0.1) is 0 Å². The first kappa shape index (κ1) is 12.5. The first-order valence-electron chi connectivity index (χ1n) is 5.22. The van der Waals surface area contributed by atoms with E-state index in [2.05, 4.69) is 0 Å². The molecule has 84 valence electrons. The molecule has 0 aromatic heterocycles. The Morgan fingerprint density at radius 1 is 1.47 bits per heavy atom. The van der Waals surface area contributed by atoms with Crippen LogP contribution in [0.4, 0.5) is 0 Å². The summed E-state index contributed by atoms with van der Waals surface area (Å²) in [5.74, 6) is 0.121. The van der Waals surface area contributed by atoms with Gasteiger partial charge < -0.3 is 9.84 Å². The fourth-order valence-corrected chi connectivity index (χ4v) is 1.69. The van der Waals surface area contributed by atoms with E-state index in [1.54, 1.807) is 0 Å². The summed E-state index contributed by atoms with van der Waals surface area (Å²) < 4.78 is 5.27. The van der Waals surface area contributed by atoms with Crippen LogP contribution in [0.25, 0.3) is 0 Å². The summed E-state index contributed by atoms with van der Waals surface area (Å²) >= 11 is 5.89. The van der Waals surface area contributed by atoms with Crippen molar-refractivity contribution < 1.29 is 9.84 Å². The predicted octanol–water partition coefficient (Wildman–Crippen LogP) is 2.84. The Bertz CT molecular complexity index is 289. The number of aliphatic hydroxyl groups is 1. The summed E-state index contributed by atoms with van der Waals surface area (Å²) in [6.45, 7) is 3.49. The second-order valence-electron chi connectivity index (χ2n) is 3.42. The van der Waals surface area contributed by atoms with Crippen molar-refractivity contribution in [3.05, 3.63) is 34.9 Å². The minimum absolute atomic E-state index is 0.121. The molecule has 0 amide bonds. The minimum Gasteiger partial charge on any atom is -0.396 e. The Balaban J connectivity index is 2.57. The van der Waals surface area contributed by atoms with E-state index in [0.717, 1.165) is 12.0 Å². The largest absolute Gasteiger partial charge is 0.396 e. The van der Waals surface area contributed by atoms with E-state index in [0.29, 0.717) is 18.2 Å². The molecule has 0 saturated heterocycles. The fourth-order valence-electron chi connectivity index (χ4n) is 1.49. The van der Waals surface area contributed by atoms with Crippen LogP contribution in [0.1, 0.15) is 24.8 Å². The molecule has 0 spiro atoms. The van der Waals surface area contributed by atoms with Gasteiger partial charge in [0.25, 0.3) is 0 Å². The van der Waals surface area contributed by atoms with Crippen molar-refractivity contribution in [2.24, 2.45) is 0 Å². The molecule has 1 aromatic rings. The number of rotatable bonds is 6. The highest BCUT2D eigenvalue weighted by molar-refractivity contribution is 6.30. The molecule has 0 aliphatic heterocycles. The maximum atomic E-state index is 9.27. The summed E-state index contributed by atoms with van der Waals surface area (Å²) in [7, 11) is 0. The van der Waals surface area contributed by atoms with Crippen LogP contribution >= 0.6 is 11.6 Å². The smallest absolute Gasteiger partial charge is 0.0500 e. The lowest BCUT2D eigenvalue weighted by Gasteiger charge is -2.14. The van der Waals surface area contributed by atoms with Gasteiger partial charge in [0.15, 0.2) is 0 Å². The molecule has 0 saturated carbocycles. The van der Waals surface area contributed by atoms with Gasteiger partial charge in [-0.15, -0.1) is 0 Å². The Morgan fingerprint density at radius 2 is 2.27 bits per heavy atom. The fraction of sp³-hybridized carbons (Fsp3) is 0.500. The van der Waals surface area contributed by atoms with Crippen molar-refractivity contribution in [2.45, 2.75) is 19.3 Å². The van der Waals surface area contributed by atoms with Crippen LogP contribution in [-0.2, 0) is 4.74 Å². The van der Waals surface area contributed by atoms with Gasteiger partial charge in [-0.2, -0.15) is 0 Å². The topological polar surface area (TPSA) is 29.5 Å². The zero-order valence-electron chi connectivity index (χ0n) is 8.95. The van der Waals surface area contributed by atoms with E-state index in [9.17, 15) is 5.11 Å². The quantitative estimate of drug-likeness (QED) is 0.759. The second kappa shape index (κ2) is 6.83. The Kier molecular flexibility index (Phi) is 5.69. The molecule has 0 heterocycles. The van der Waals surface area contributed by atoms with Gasteiger partial charge in [-0.25, -0.2) is 0 Å². The van der Waals surface area contributed by atoms with Crippen LogP contribution in [0.15, 0.2) is 24.3 Å². The predicted molar refractivity (Wildman–Crippen MR) is 62.4 cm³/mol. The van der Waals surface area contributed by atoms with Gasteiger partial charge in [0.1, 0.15) is 0 Å². The van der Waals surface area contributed by atoms with Crippen LogP contribution in [0.2, 0.25) is 5.02 Å². The van der Waals surface area contributed by atoms with Gasteiger partial charge in [-0.05, 0) is 31.0 Å². The van der Waals surface area contributed by atoms with Crippen LogP contribution in [0.3, 0.4) is 0 Å². The highest BCUT2D eigenvalue weighted by Crippen LogP contribution is 2.22. The number of hydrogen-bond donors (Lipinski definition) is 1. The summed E-state index contributed by atoms with van der Waals surface area (Å²) in [4.78, 5) is 0. The van der Waals surface area contributed by atoms with Crippen molar-refractivity contribution in [1.82, 2.24) is 0 Å². The summed E-state index contributed by atoms with van der Waals surface area (Å²) in [6.07, 6.45) is 0.824. The van der Waals surface area contributed by atoms with Crippen molar-refractivity contribution in [3.63, 3.8) is 0 Å². The number of ether oxygens (including phenoxy) is 1. The number of aliphatic hydroxyl groups excluding tert-OH is 1. The van der Waals surface area contributed by atoms with E-state index < -0.39 is 0 Å². The molecule has 1 rings (SSSR count). The molecule has 0 fully saturated rings. The lowest BCUT2D eigenvalue weighted by atomic mass is 9.97. The molecule has 15 heavy (non-hydrogen) atoms. The van der Waals surface area contributed by atoms with Gasteiger partial charge in [0, 0.05) is 24.2 Å². The minimum atomic E-state index is 0.121. The Morgan fingerprint density at radius 3 is 2.87 bits per heavy atom. The van der Waals surface area contributed by atoms with E-state index in [1.807, 2.05) is 31.2 Å². The van der Waals surface area contributed by atoms with E-state index >= 15 is 0 Å². The van der Waals surface area contributed by atoms with Crippen molar-refractivity contribution in [3.8, 4) is 0 Å². The van der Waals surface area contributed by atoms with E-state index in [-0.39, 0.29) is 12.5 Å². The Hall–Kier alpha value is -0.570. The van der Waals surface area contributed by atoms with Crippen LogP contribution in [0.5, 0.6) is 0 Å². The SMILES string of the molecule is CCOCCC(CO)c1cccc(Cl)c1. The number of halogens is 1. The van der Waals surface area contributed by atoms with Gasteiger partial charge in [-0.1, -0.05) is 23.7 Å². The first-order chi connectivity index (χ1) is 7.27. The monoisotopic (exact) mass is 228 g/mol. The molecular formula is C12H17ClO2. The van der Waals surface area contributed by atoms with Crippen LogP contribution in [-0.4, -0.2) is 24.9 Å². The van der Waals surface area contributed by atoms with Gasteiger partial charge in [0.2, 0.25) is 0 Å². The Labute approximate surface area is 95.8 Å². The normalized spacial score (nSPS) is 12.7. The molecule has 0 radical (unpaired) electrons. The lowest BCUT2D eigenvalue weighted by Crippen LogP contribution is -2.08. The second-order valence-corrected chi connectivity index (χ2v) is 3.86. The third kappa shape index (κ3) is 4.20. The average Bonchev–Trinajstić information content (AvgIpc) is 2.24. The molecule has 1 N–H and O–H groups in total. The standard InChI is InChI=1S/C12H17ClO2/c1-2-15-7-6-11(9-14)10-4-3-5-12(13)8-10/h3-5,8,11,14H,2,6-7,9H2,1H3. The van der Waals surface area contributed by atoms with Crippen molar-refractivity contribution in [2.75, 3.05) is 19.8 Å². The average molecular weight is 229 g/mol. The third-order valence-electron chi connectivity index (χ3n) is 2.36. The van der Waals surface area contributed by atoms with Crippen molar-refractivity contribution in [1.29, 1.82) is 0 Å². The summed E-state index contributed by atoms with van der Waals surface area (Å²) in [5, 5.41) is 9.98. The first-order valence-corrected chi connectivity index (χ1v) is 5.59. The molecule has 3 heteroatoms. The highest BCUT2D eigenvalue weighted by Gasteiger charge is 2.10. The summed E-state index contributed by atoms with van der Waals surface area (Å²) in [5.41, 5.74) is 1.07. The maximum Gasteiger partial charge on any atom is 0.0500 e. The zero-order chi connectivity index (χ0) is 11.1. The third-order valence-corrected chi connectivity index (χ3v) is 2.59. The molecule has 1 aromatic carbocycles. The molecule has 2 nitrogen and oxygen atoms in total. The van der Waals surface area contributed by atoms with Gasteiger partial charge in [-0.3, -0.25) is 0 Å². The molecular weight excluding hydrogens is 212 g/mol. The molecule has 1 unspecified atom stereocenters. The highest BCUT2D eigenvalue weighted by atomic mass is 35.5. The number of benzene rings is 1.